The molecule has 0 aromatic carbocycles. The average Bonchev–Trinajstić information content (AvgIpc) is 2.26. The van der Waals surface area contributed by atoms with Gasteiger partial charge in [0, 0.05) is 0 Å². The summed E-state index contributed by atoms with van der Waals surface area (Å²) in [5, 5.41) is 20.5. The Morgan fingerprint density at radius 2 is 1.89 bits per heavy atom. The van der Waals surface area contributed by atoms with Crippen molar-refractivity contribution in [2.24, 2.45) is 11.8 Å². The van der Waals surface area contributed by atoms with E-state index in [2.05, 4.69) is 5.32 Å². The van der Waals surface area contributed by atoms with Crippen LogP contribution in [0.25, 0.3) is 0 Å². The normalized spacial score (nSPS) is 13.8. The van der Waals surface area contributed by atoms with Crippen LogP contribution in [-0.4, -0.2) is 46.3 Å². The van der Waals surface area contributed by atoms with Crippen molar-refractivity contribution < 1.29 is 24.7 Å². The fourth-order valence-corrected chi connectivity index (χ4v) is 1.50. The third kappa shape index (κ3) is 6.19. The van der Waals surface area contributed by atoms with Gasteiger partial charge in [0.15, 0.2) is 0 Å². The molecule has 0 aliphatic carbocycles. The van der Waals surface area contributed by atoms with Gasteiger partial charge in [0.1, 0.15) is 6.04 Å². The molecular weight excluding hydrogens is 240 g/mol. The number of hydrogen-bond acceptors (Lipinski definition) is 4. The minimum Gasteiger partial charge on any atom is -0.480 e. The van der Waals surface area contributed by atoms with Gasteiger partial charge >= 0.3 is 5.97 Å². The molecule has 0 aromatic heterocycles. The number of hydroxylamine groups is 2. The quantitative estimate of drug-likeness (QED) is 0.325. The predicted molar refractivity (Wildman–Crippen MR) is 62.7 cm³/mol. The lowest BCUT2D eigenvalue weighted by Crippen LogP contribution is -2.44. The van der Waals surface area contributed by atoms with E-state index in [1.165, 1.54) is 6.92 Å². The Kier molecular flexibility index (Phi) is 6.96. The van der Waals surface area contributed by atoms with Crippen molar-refractivity contribution in [3.63, 3.8) is 0 Å². The Hall–Kier alpha value is -1.63. The van der Waals surface area contributed by atoms with Gasteiger partial charge in [0.25, 0.3) is 0 Å². The molecule has 7 nitrogen and oxygen atoms in total. The lowest BCUT2D eigenvalue weighted by Gasteiger charge is -2.22. The van der Waals surface area contributed by atoms with Gasteiger partial charge in [0.2, 0.25) is 12.3 Å². The monoisotopic (exact) mass is 260 g/mol. The summed E-state index contributed by atoms with van der Waals surface area (Å²) in [5.41, 5.74) is 0. The van der Waals surface area contributed by atoms with Crippen LogP contribution in [0, 0.1) is 11.8 Å². The number of carboxylic acid groups (broad SMARTS) is 1. The van der Waals surface area contributed by atoms with Gasteiger partial charge in [-0.2, -0.15) is 0 Å². The highest BCUT2D eigenvalue weighted by atomic mass is 16.5. The van der Waals surface area contributed by atoms with E-state index in [1.54, 1.807) is 0 Å². The number of carbonyl (C=O) groups is 3. The molecule has 0 rings (SSSR count). The van der Waals surface area contributed by atoms with Crippen LogP contribution in [0.5, 0.6) is 0 Å². The molecule has 0 fully saturated rings. The second-order valence-electron chi connectivity index (χ2n) is 4.62. The Morgan fingerprint density at radius 3 is 2.28 bits per heavy atom. The lowest BCUT2D eigenvalue weighted by molar-refractivity contribution is -0.155. The molecule has 18 heavy (non-hydrogen) atoms. The highest BCUT2D eigenvalue weighted by Crippen LogP contribution is 2.13. The second-order valence-corrected chi connectivity index (χ2v) is 4.62. The molecule has 0 aliphatic heterocycles. The average molecular weight is 260 g/mol. The smallest absolute Gasteiger partial charge is 0.325 e. The molecule has 3 N–H and O–H groups in total. The van der Waals surface area contributed by atoms with E-state index in [1.807, 2.05) is 13.8 Å². The van der Waals surface area contributed by atoms with Crippen molar-refractivity contribution in [2.45, 2.75) is 33.2 Å². The van der Waals surface area contributed by atoms with Crippen LogP contribution in [-0.2, 0) is 14.4 Å². The van der Waals surface area contributed by atoms with Crippen LogP contribution in [0.2, 0.25) is 0 Å². The lowest BCUT2D eigenvalue weighted by atomic mass is 9.96. The molecule has 0 heterocycles. The molecule has 0 aliphatic rings. The first-order chi connectivity index (χ1) is 8.27. The fraction of sp³-hybridized carbons (Fsp3) is 0.727. The number of nitrogens with one attached hydrogen (secondary N) is 1. The first-order valence-electron chi connectivity index (χ1n) is 5.71. The molecular formula is C11H20N2O5. The maximum Gasteiger partial charge on any atom is 0.325 e. The molecule has 2 amide bonds. The number of rotatable bonds is 8. The molecule has 0 saturated carbocycles. The van der Waals surface area contributed by atoms with Crippen LogP contribution >= 0.6 is 0 Å². The number of aliphatic carboxylic acids is 1. The van der Waals surface area contributed by atoms with Gasteiger partial charge < -0.3 is 10.4 Å². The largest absolute Gasteiger partial charge is 0.480 e. The summed E-state index contributed by atoms with van der Waals surface area (Å²) < 4.78 is 0. The first-order valence-corrected chi connectivity index (χ1v) is 5.71. The van der Waals surface area contributed by atoms with E-state index in [9.17, 15) is 14.4 Å². The summed E-state index contributed by atoms with van der Waals surface area (Å²) in [6.07, 6.45) is 0.657. The highest BCUT2D eigenvalue weighted by Gasteiger charge is 2.24. The zero-order chi connectivity index (χ0) is 14.3. The summed E-state index contributed by atoms with van der Waals surface area (Å²) in [6.45, 7) is 4.98. The molecule has 0 radical (unpaired) electrons. The molecule has 0 bridgehead atoms. The number of nitrogens with zero attached hydrogens (tertiary/aromatic N) is 1. The standard InChI is InChI=1S/C11H20N2O5/c1-7(2)4-9(5-13(18)6-14)10(15)12-8(3)11(16)17/h6-9,18H,4-5H2,1-3H3,(H,12,15)(H,16,17)/t8-,9+/m0/s1. The van der Waals surface area contributed by atoms with Crippen LogP contribution in [0.4, 0.5) is 0 Å². The van der Waals surface area contributed by atoms with E-state index in [0.717, 1.165) is 0 Å². The van der Waals surface area contributed by atoms with Crippen molar-refractivity contribution in [1.82, 2.24) is 10.4 Å². The zero-order valence-corrected chi connectivity index (χ0v) is 10.8. The zero-order valence-electron chi connectivity index (χ0n) is 10.8. The maximum absolute atomic E-state index is 11.8. The van der Waals surface area contributed by atoms with Gasteiger partial charge in [-0.1, -0.05) is 13.8 Å². The third-order valence-electron chi connectivity index (χ3n) is 2.39. The summed E-state index contributed by atoms with van der Waals surface area (Å²) in [5.74, 6) is -2.08. The highest BCUT2D eigenvalue weighted by molar-refractivity contribution is 5.84. The second kappa shape index (κ2) is 7.65. The third-order valence-corrected chi connectivity index (χ3v) is 2.39. The van der Waals surface area contributed by atoms with E-state index >= 15 is 0 Å². The molecule has 0 unspecified atom stereocenters. The van der Waals surface area contributed by atoms with Gasteiger partial charge in [-0.05, 0) is 19.3 Å². The Morgan fingerprint density at radius 1 is 1.33 bits per heavy atom. The number of amides is 2. The van der Waals surface area contributed by atoms with Crippen LogP contribution in [0.15, 0.2) is 0 Å². The van der Waals surface area contributed by atoms with Gasteiger partial charge in [-0.25, -0.2) is 5.06 Å². The molecule has 2 atom stereocenters. The van der Waals surface area contributed by atoms with Crippen LogP contribution in [0.3, 0.4) is 0 Å². The van der Waals surface area contributed by atoms with E-state index < -0.39 is 23.8 Å². The number of hydrogen-bond donors (Lipinski definition) is 3. The molecule has 104 valence electrons. The summed E-state index contributed by atoms with van der Waals surface area (Å²) in [7, 11) is 0. The van der Waals surface area contributed by atoms with Crippen molar-refractivity contribution in [1.29, 1.82) is 0 Å². The minimum atomic E-state index is -1.14. The summed E-state index contributed by atoms with van der Waals surface area (Å²) in [6, 6.07) is -1.00. The molecule has 0 saturated heterocycles. The van der Waals surface area contributed by atoms with Gasteiger partial charge in [-0.3, -0.25) is 19.6 Å². The van der Waals surface area contributed by atoms with Crippen molar-refractivity contribution in [3.05, 3.63) is 0 Å². The Balaban J connectivity index is 4.58. The van der Waals surface area contributed by atoms with Gasteiger partial charge in [0.05, 0.1) is 12.5 Å². The van der Waals surface area contributed by atoms with Crippen molar-refractivity contribution >= 4 is 18.3 Å². The van der Waals surface area contributed by atoms with E-state index in [0.29, 0.717) is 11.5 Å². The number of carboxylic acids is 1. The summed E-state index contributed by atoms with van der Waals surface area (Å²) >= 11 is 0. The van der Waals surface area contributed by atoms with Crippen LogP contribution < -0.4 is 5.32 Å². The maximum atomic E-state index is 11.8. The topological polar surface area (TPSA) is 107 Å². The molecule has 0 aromatic rings. The van der Waals surface area contributed by atoms with Crippen LogP contribution in [0.1, 0.15) is 27.2 Å². The van der Waals surface area contributed by atoms with Crippen molar-refractivity contribution in [2.75, 3.05) is 6.54 Å². The molecule has 7 heteroatoms. The van der Waals surface area contributed by atoms with Gasteiger partial charge in [-0.15, -0.1) is 0 Å². The van der Waals surface area contributed by atoms with Crippen molar-refractivity contribution in [3.8, 4) is 0 Å². The SMILES string of the molecule is CC(C)C[C@H](CN(O)C=O)C(=O)N[C@@H](C)C(=O)O. The van der Waals surface area contributed by atoms with E-state index in [4.69, 9.17) is 10.3 Å². The molecule has 0 spiro atoms. The summed E-state index contributed by atoms with van der Waals surface area (Å²) in [4.78, 5) is 32.8. The first kappa shape index (κ1) is 16.4. The number of carbonyl (C=O) groups excluding carboxylic acids is 2. The Bertz CT molecular complexity index is 306. The van der Waals surface area contributed by atoms with E-state index in [-0.39, 0.29) is 18.9 Å². The predicted octanol–water partition coefficient (Wildman–Crippen LogP) is 0.0856. The minimum absolute atomic E-state index is 0.153. The Labute approximate surface area is 106 Å². The fourth-order valence-electron chi connectivity index (χ4n) is 1.50.